The Hall–Kier alpha value is -3.94. The molecule has 4 aromatic rings. The van der Waals surface area contributed by atoms with Crippen LogP contribution in [0.25, 0.3) is 11.0 Å². The molecule has 3 heterocycles. The lowest BCUT2D eigenvalue weighted by Gasteiger charge is -2.17. The van der Waals surface area contributed by atoms with Gasteiger partial charge in [-0.15, -0.1) is 0 Å². The molecule has 8 nitrogen and oxygen atoms in total. The maximum Gasteiger partial charge on any atom is 0.256 e. The Balaban J connectivity index is 1.50. The van der Waals surface area contributed by atoms with E-state index >= 15 is 0 Å². The van der Waals surface area contributed by atoms with Crippen LogP contribution in [0.15, 0.2) is 60.9 Å². The number of rotatable bonds is 10. The molecule has 1 unspecified atom stereocenters. The minimum atomic E-state index is -0.231. The van der Waals surface area contributed by atoms with Gasteiger partial charge in [0.1, 0.15) is 22.7 Å². The quantitative estimate of drug-likeness (QED) is 0.286. The van der Waals surface area contributed by atoms with Crippen molar-refractivity contribution < 1.29 is 9.53 Å². The highest BCUT2D eigenvalue weighted by atomic mass is 16.5. The van der Waals surface area contributed by atoms with Crippen molar-refractivity contribution in [3.63, 3.8) is 0 Å². The van der Waals surface area contributed by atoms with Gasteiger partial charge in [-0.05, 0) is 49.2 Å². The topological polar surface area (TPSA) is 105 Å². The number of benzene rings is 1. The van der Waals surface area contributed by atoms with Gasteiger partial charge in [-0.3, -0.25) is 9.89 Å². The first-order valence-electron chi connectivity index (χ1n) is 11.3. The van der Waals surface area contributed by atoms with Crippen LogP contribution in [0.4, 0.5) is 11.6 Å². The largest absolute Gasteiger partial charge is 0.456 e. The third kappa shape index (κ3) is 5.46. The zero-order valence-electron chi connectivity index (χ0n) is 18.8. The summed E-state index contributed by atoms with van der Waals surface area (Å²) in [6.45, 7) is 4.36. The molecule has 4 rings (SSSR count). The number of nitrogens with one attached hydrogen (secondary N) is 3. The van der Waals surface area contributed by atoms with E-state index in [0.717, 1.165) is 36.9 Å². The van der Waals surface area contributed by atoms with Crippen molar-refractivity contribution in [1.29, 1.82) is 0 Å². The molecule has 0 aliphatic carbocycles. The fraction of sp³-hybridized carbons (Fsp3) is 0.280. The second-order valence-corrected chi connectivity index (χ2v) is 7.79. The van der Waals surface area contributed by atoms with Gasteiger partial charge in [-0.2, -0.15) is 5.10 Å². The second kappa shape index (κ2) is 10.6. The zero-order valence-corrected chi connectivity index (χ0v) is 18.8. The van der Waals surface area contributed by atoms with Crippen LogP contribution >= 0.6 is 0 Å². The maximum absolute atomic E-state index is 12.5. The lowest BCUT2D eigenvalue weighted by molar-refractivity contribution is 0.102. The molecule has 0 saturated carbocycles. The minimum Gasteiger partial charge on any atom is -0.456 e. The number of pyridine rings is 2. The molecular formula is C25H28N6O2. The average Bonchev–Trinajstić information content (AvgIpc) is 3.26. The summed E-state index contributed by atoms with van der Waals surface area (Å²) in [5.41, 5.74) is 1.17. The molecule has 0 aliphatic rings. The van der Waals surface area contributed by atoms with Gasteiger partial charge in [-0.1, -0.05) is 32.8 Å². The van der Waals surface area contributed by atoms with Crippen molar-refractivity contribution in [1.82, 2.24) is 20.2 Å². The number of unbranched alkanes of at least 4 members (excludes halogenated alkanes) is 1. The molecule has 0 spiro atoms. The van der Waals surface area contributed by atoms with E-state index in [0.29, 0.717) is 34.6 Å². The number of fused-ring (bicyclic) bond motifs is 1. The number of amides is 1. The molecule has 33 heavy (non-hydrogen) atoms. The Bertz CT molecular complexity index is 1190. The highest BCUT2D eigenvalue weighted by molar-refractivity contribution is 6.03. The first-order valence-corrected chi connectivity index (χ1v) is 11.3. The number of H-pyrrole nitrogens is 1. The Morgan fingerprint density at radius 3 is 2.64 bits per heavy atom. The molecule has 8 heteroatoms. The number of hydrogen-bond acceptors (Lipinski definition) is 6. The van der Waals surface area contributed by atoms with Gasteiger partial charge in [0.25, 0.3) is 5.91 Å². The van der Waals surface area contributed by atoms with Gasteiger partial charge >= 0.3 is 0 Å². The van der Waals surface area contributed by atoms with E-state index in [9.17, 15) is 4.79 Å². The molecule has 3 N–H and O–H groups in total. The van der Waals surface area contributed by atoms with Gasteiger partial charge in [0.15, 0.2) is 11.5 Å². The third-order valence-electron chi connectivity index (χ3n) is 5.41. The molecule has 0 bridgehead atoms. The van der Waals surface area contributed by atoms with E-state index in [1.807, 2.05) is 12.1 Å². The average molecular weight is 445 g/mol. The molecule has 0 aliphatic heterocycles. The SMILES string of the molecule is CCCCC(CC)Nc1n[nH]c2nccc(Oc3ccc(C(=O)Nc4ccccn4)cc3)c12. The van der Waals surface area contributed by atoms with Gasteiger partial charge in [0, 0.05) is 30.1 Å². The van der Waals surface area contributed by atoms with Crippen molar-refractivity contribution in [3.8, 4) is 11.5 Å². The molecule has 0 saturated heterocycles. The lowest BCUT2D eigenvalue weighted by Crippen LogP contribution is -2.18. The Labute approximate surface area is 192 Å². The number of aromatic nitrogens is 4. The van der Waals surface area contributed by atoms with Crippen LogP contribution in [0, 0.1) is 0 Å². The number of ether oxygens (including phenoxy) is 1. The molecule has 3 aromatic heterocycles. The van der Waals surface area contributed by atoms with Crippen molar-refractivity contribution in [2.45, 2.75) is 45.6 Å². The summed E-state index contributed by atoms with van der Waals surface area (Å²) in [5.74, 6) is 2.27. The predicted octanol–water partition coefficient (Wildman–Crippen LogP) is 5.78. The van der Waals surface area contributed by atoms with Gasteiger partial charge < -0.3 is 15.4 Å². The van der Waals surface area contributed by atoms with E-state index in [4.69, 9.17) is 4.74 Å². The smallest absolute Gasteiger partial charge is 0.256 e. The number of aromatic amines is 1. The molecular weight excluding hydrogens is 416 g/mol. The van der Waals surface area contributed by atoms with E-state index in [1.54, 1.807) is 48.8 Å². The monoisotopic (exact) mass is 444 g/mol. The standard InChI is InChI=1S/C25H28N6O2/c1-3-5-8-18(4-2)28-24-22-20(14-16-27-23(22)30-31-24)33-19-12-10-17(11-13-19)25(32)29-21-9-6-7-15-26-21/h6-7,9-16,18H,3-5,8H2,1-2H3,(H,26,29,32)(H2,27,28,30,31). The van der Waals surface area contributed by atoms with Crippen molar-refractivity contribution >= 4 is 28.6 Å². The maximum atomic E-state index is 12.5. The number of hydrogen-bond donors (Lipinski definition) is 3. The van der Waals surface area contributed by atoms with Crippen LogP contribution in [0.1, 0.15) is 49.9 Å². The summed E-state index contributed by atoms with van der Waals surface area (Å²) in [7, 11) is 0. The molecule has 1 aromatic carbocycles. The number of carbonyl (C=O) groups is 1. The van der Waals surface area contributed by atoms with E-state index < -0.39 is 0 Å². The Morgan fingerprint density at radius 1 is 1.06 bits per heavy atom. The van der Waals surface area contributed by atoms with E-state index in [1.165, 1.54) is 0 Å². The van der Waals surface area contributed by atoms with Gasteiger partial charge in [0.2, 0.25) is 0 Å². The summed E-state index contributed by atoms with van der Waals surface area (Å²) in [5, 5.41) is 14.5. The Kier molecular flexibility index (Phi) is 7.14. The van der Waals surface area contributed by atoms with Crippen LogP contribution in [0.5, 0.6) is 11.5 Å². The van der Waals surface area contributed by atoms with E-state index in [2.05, 4.69) is 44.6 Å². The number of anilines is 2. The fourth-order valence-corrected chi connectivity index (χ4v) is 3.56. The summed E-state index contributed by atoms with van der Waals surface area (Å²) < 4.78 is 6.16. The molecule has 1 amide bonds. The minimum absolute atomic E-state index is 0.231. The molecule has 1 atom stereocenters. The summed E-state index contributed by atoms with van der Waals surface area (Å²) in [4.78, 5) is 20.9. The summed E-state index contributed by atoms with van der Waals surface area (Å²) in [6.07, 6.45) is 7.73. The third-order valence-corrected chi connectivity index (χ3v) is 5.41. The van der Waals surface area contributed by atoms with Gasteiger partial charge in [0.05, 0.1) is 0 Å². The van der Waals surface area contributed by atoms with Crippen molar-refractivity contribution in [2.75, 3.05) is 10.6 Å². The number of nitrogens with zero attached hydrogens (tertiary/aromatic N) is 3. The molecule has 170 valence electrons. The fourth-order valence-electron chi connectivity index (χ4n) is 3.56. The number of carbonyl (C=O) groups excluding carboxylic acids is 1. The van der Waals surface area contributed by atoms with Crippen LogP contribution < -0.4 is 15.4 Å². The van der Waals surface area contributed by atoms with Crippen LogP contribution in [-0.4, -0.2) is 32.1 Å². The molecule has 0 radical (unpaired) electrons. The van der Waals surface area contributed by atoms with Crippen LogP contribution in [0.2, 0.25) is 0 Å². The zero-order chi connectivity index (χ0) is 23.0. The summed E-state index contributed by atoms with van der Waals surface area (Å²) >= 11 is 0. The summed E-state index contributed by atoms with van der Waals surface area (Å²) in [6, 6.07) is 14.5. The first-order chi connectivity index (χ1) is 16.2. The lowest BCUT2D eigenvalue weighted by atomic mass is 10.1. The van der Waals surface area contributed by atoms with Crippen LogP contribution in [0.3, 0.4) is 0 Å². The molecule has 0 fully saturated rings. The first kappa shape index (κ1) is 22.3. The highest BCUT2D eigenvalue weighted by Gasteiger charge is 2.16. The predicted molar refractivity (Wildman–Crippen MR) is 130 cm³/mol. The highest BCUT2D eigenvalue weighted by Crippen LogP contribution is 2.33. The van der Waals surface area contributed by atoms with E-state index in [-0.39, 0.29) is 5.91 Å². The normalized spacial score (nSPS) is 11.8. The van der Waals surface area contributed by atoms with Gasteiger partial charge in [-0.25, -0.2) is 9.97 Å². The van der Waals surface area contributed by atoms with Crippen molar-refractivity contribution in [2.24, 2.45) is 0 Å². The second-order valence-electron chi connectivity index (χ2n) is 7.79. The Morgan fingerprint density at radius 2 is 1.91 bits per heavy atom. The van der Waals surface area contributed by atoms with Crippen LogP contribution in [-0.2, 0) is 0 Å². The van der Waals surface area contributed by atoms with Crippen molar-refractivity contribution in [3.05, 3.63) is 66.5 Å².